The van der Waals surface area contributed by atoms with Crippen molar-refractivity contribution in [3.8, 4) is 0 Å². The summed E-state index contributed by atoms with van der Waals surface area (Å²) in [6.07, 6.45) is 7.22. The molecule has 0 spiro atoms. The number of carbonyl (C=O) groups excluding carboxylic acids is 1. The summed E-state index contributed by atoms with van der Waals surface area (Å²) in [5.74, 6) is -0.204. The molecule has 2 nitrogen and oxygen atoms in total. The van der Waals surface area contributed by atoms with Crippen LogP contribution in [0.2, 0.25) is 0 Å². The molecule has 1 rings (SSSR count). The topological polar surface area (TPSA) is 26.3 Å². The van der Waals surface area contributed by atoms with Crippen LogP contribution in [0.1, 0.15) is 55.8 Å². The molecule has 0 atom stereocenters. The van der Waals surface area contributed by atoms with Crippen molar-refractivity contribution in [3.63, 3.8) is 0 Å². The second-order valence-corrected chi connectivity index (χ2v) is 7.05. The van der Waals surface area contributed by atoms with Gasteiger partial charge in [-0.3, -0.25) is 0 Å². The van der Waals surface area contributed by atoms with Crippen LogP contribution >= 0.6 is 45.2 Å². The number of benzene rings is 1. The smallest absolute Gasteiger partial charge is 0.338 e. The highest BCUT2D eigenvalue weighted by Gasteiger charge is 2.08. The van der Waals surface area contributed by atoms with Crippen LogP contribution in [-0.2, 0) is 4.74 Å². The minimum atomic E-state index is -0.204. The van der Waals surface area contributed by atoms with Gasteiger partial charge in [-0.05, 0) is 69.8 Å². The van der Waals surface area contributed by atoms with E-state index in [9.17, 15) is 4.79 Å². The lowest BCUT2D eigenvalue weighted by atomic mass is 10.1. The molecule has 0 radical (unpaired) electrons. The Balaban J connectivity index is 2.24. The molecule has 0 aliphatic carbocycles. The zero-order valence-electron chi connectivity index (χ0n) is 11.3. The fraction of sp³-hybridized carbons (Fsp3) is 0.533. The Morgan fingerprint density at radius 3 is 2.21 bits per heavy atom. The van der Waals surface area contributed by atoms with Crippen molar-refractivity contribution in [1.29, 1.82) is 0 Å². The van der Waals surface area contributed by atoms with Gasteiger partial charge in [0.15, 0.2) is 0 Å². The summed E-state index contributed by atoms with van der Waals surface area (Å²) < 4.78 is 7.43. The highest BCUT2D eigenvalue weighted by molar-refractivity contribution is 14.1. The third-order valence-corrected chi connectivity index (χ3v) is 4.07. The molecule has 0 aromatic heterocycles. The fourth-order valence-electron chi connectivity index (χ4n) is 1.80. The van der Waals surface area contributed by atoms with Gasteiger partial charge < -0.3 is 4.74 Å². The molecule has 0 N–H and O–H groups in total. The molecule has 19 heavy (non-hydrogen) atoms. The van der Waals surface area contributed by atoms with E-state index in [0.29, 0.717) is 12.2 Å². The third-order valence-electron chi connectivity index (χ3n) is 2.83. The van der Waals surface area contributed by atoms with Crippen LogP contribution in [-0.4, -0.2) is 12.6 Å². The van der Waals surface area contributed by atoms with Gasteiger partial charge in [0.25, 0.3) is 0 Å². The van der Waals surface area contributed by atoms with Crippen LogP contribution in [0.15, 0.2) is 18.2 Å². The molecule has 1 aromatic carbocycles. The molecule has 0 fully saturated rings. The van der Waals surface area contributed by atoms with Gasteiger partial charge >= 0.3 is 5.97 Å². The molecule has 0 aliphatic heterocycles. The Bertz CT molecular complexity index is 385. The van der Waals surface area contributed by atoms with Gasteiger partial charge in [0, 0.05) is 7.14 Å². The highest BCUT2D eigenvalue weighted by atomic mass is 127. The van der Waals surface area contributed by atoms with Gasteiger partial charge in [-0.15, -0.1) is 0 Å². The summed E-state index contributed by atoms with van der Waals surface area (Å²) in [6, 6.07) is 5.77. The SMILES string of the molecule is CCCCCCCCOC(=O)c1cc(I)cc(I)c1. The predicted molar refractivity (Wildman–Crippen MR) is 95.5 cm³/mol. The largest absolute Gasteiger partial charge is 0.462 e. The van der Waals surface area contributed by atoms with Gasteiger partial charge in [-0.25, -0.2) is 4.79 Å². The van der Waals surface area contributed by atoms with Gasteiger partial charge in [0.1, 0.15) is 0 Å². The van der Waals surface area contributed by atoms with Crippen molar-refractivity contribution in [2.45, 2.75) is 45.4 Å². The number of halogens is 2. The van der Waals surface area contributed by atoms with Gasteiger partial charge in [-0.2, -0.15) is 0 Å². The van der Waals surface area contributed by atoms with E-state index in [1.807, 2.05) is 18.2 Å². The average Bonchev–Trinajstić information content (AvgIpc) is 2.36. The zero-order valence-corrected chi connectivity index (χ0v) is 15.6. The second-order valence-electron chi connectivity index (χ2n) is 4.56. The minimum absolute atomic E-state index is 0.204. The first kappa shape index (κ1) is 17.2. The Labute approximate surface area is 143 Å². The molecule has 0 amide bonds. The zero-order chi connectivity index (χ0) is 14.1. The number of esters is 1. The van der Waals surface area contributed by atoms with Crippen LogP contribution in [0.5, 0.6) is 0 Å². The molecular weight excluding hydrogens is 466 g/mol. The summed E-state index contributed by atoms with van der Waals surface area (Å²) in [5, 5.41) is 0. The predicted octanol–water partition coefficient (Wildman–Crippen LogP) is 5.41. The van der Waals surface area contributed by atoms with Crippen molar-refractivity contribution in [3.05, 3.63) is 30.9 Å². The number of carbonyl (C=O) groups is 1. The molecule has 106 valence electrons. The lowest BCUT2D eigenvalue weighted by Gasteiger charge is -2.06. The van der Waals surface area contributed by atoms with E-state index < -0.39 is 0 Å². The lowest BCUT2D eigenvalue weighted by Crippen LogP contribution is -2.07. The standard InChI is InChI=1S/C15H20I2O2/c1-2-3-4-5-6-7-8-19-15(18)12-9-13(16)11-14(17)10-12/h9-11H,2-8H2,1H3. The van der Waals surface area contributed by atoms with E-state index in [1.165, 1.54) is 25.7 Å². The summed E-state index contributed by atoms with van der Waals surface area (Å²) in [5.41, 5.74) is 0.655. The van der Waals surface area contributed by atoms with E-state index in [0.717, 1.165) is 20.0 Å². The van der Waals surface area contributed by atoms with Gasteiger partial charge in [-0.1, -0.05) is 39.0 Å². The van der Waals surface area contributed by atoms with E-state index in [1.54, 1.807) is 0 Å². The number of hydrogen-bond acceptors (Lipinski definition) is 2. The van der Waals surface area contributed by atoms with Crippen LogP contribution in [0.4, 0.5) is 0 Å². The Hall–Kier alpha value is 0.150. The Kier molecular flexibility index (Phi) is 9.02. The van der Waals surface area contributed by atoms with Crippen molar-refractivity contribution in [2.24, 2.45) is 0 Å². The second kappa shape index (κ2) is 9.96. The minimum Gasteiger partial charge on any atom is -0.462 e. The van der Waals surface area contributed by atoms with Crippen molar-refractivity contribution in [1.82, 2.24) is 0 Å². The monoisotopic (exact) mass is 486 g/mol. The maximum atomic E-state index is 11.9. The van der Waals surface area contributed by atoms with Crippen molar-refractivity contribution >= 4 is 51.2 Å². The molecule has 0 aliphatic rings. The molecule has 0 bridgehead atoms. The highest BCUT2D eigenvalue weighted by Crippen LogP contribution is 2.15. The molecule has 0 saturated heterocycles. The molecule has 0 heterocycles. The molecule has 0 saturated carbocycles. The first-order chi connectivity index (χ1) is 9.13. The Morgan fingerprint density at radius 2 is 1.58 bits per heavy atom. The Morgan fingerprint density at radius 1 is 1.00 bits per heavy atom. The summed E-state index contributed by atoms with van der Waals surface area (Å²) in [6.45, 7) is 2.75. The van der Waals surface area contributed by atoms with E-state index in [2.05, 4.69) is 52.1 Å². The molecule has 1 aromatic rings. The van der Waals surface area contributed by atoms with E-state index >= 15 is 0 Å². The van der Waals surface area contributed by atoms with Crippen LogP contribution in [0, 0.1) is 7.14 Å². The normalized spacial score (nSPS) is 10.5. The first-order valence-corrected chi connectivity index (χ1v) is 8.92. The third kappa shape index (κ3) is 7.48. The van der Waals surface area contributed by atoms with Crippen LogP contribution < -0.4 is 0 Å². The van der Waals surface area contributed by atoms with Crippen molar-refractivity contribution in [2.75, 3.05) is 6.61 Å². The number of unbranched alkanes of at least 4 members (excludes halogenated alkanes) is 5. The van der Waals surface area contributed by atoms with Gasteiger partial charge in [0.05, 0.1) is 12.2 Å². The number of hydrogen-bond donors (Lipinski definition) is 0. The van der Waals surface area contributed by atoms with E-state index in [-0.39, 0.29) is 5.97 Å². The maximum absolute atomic E-state index is 11.9. The van der Waals surface area contributed by atoms with E-state index in [4.69, 9.17) is 4.74 Å². The molecular formula is C15H20I2O2. The molecule has 4 heteroatoms. The quantitative estimate of drug-likeness (QED) is 0.279. The van der Waals surface area contributed by atoms with Crippen LogP contribution in [0.3, 0.4) is 0 Å². The average molecular weight is 486 g/mol. The summed E-state index contributed by atoms with van der Waals surface area (Å²) >= 11 is 4.43. The fourth-order valence-corrected chi connectivity index (χ4v) is 3.74. The maximum Gasteiger partial charge on any atom is 0.338 e. The number of ether oxygens (including phenoxy) is 1. The van der Waals surface area contributed by atoms with Crippen molar-refractivity contribution < 1.29 is 9.53 Å². The van der Waals surface area contributed by atoms with Crippen LogP contribution in [0.25, 0.3) is 0 Å². The molecule has 0 unspecified atom stereocenters. The summed E-state index contributed by atoms with van der Waals surface area (Å²) in [7, 11) is 0. The van der Waals surface area contributed by atoms with Gasteiger partial charge in [0.2, 0.25) is 0 Å². The lowest BCUT2D eigenvalue weighted by molar-refractivity contribution is 0.0497. The number of rotatable bonds is 8. The first-order valence-electron chi connectivity index (χ1n) is 6.76. The summed E-state index contributed by atoms with van der Waals surface area (Å²) in [4.78, 5) is 11.9.